The summed E-state index contributed by atoms with van der Waals surface area (Å²) in [7, 11) is 0. The Hall–Kier alpha value is -1.75. The Balaban J connectivity index is 0.00000169. The molecule has 4 rings (SSSR count). The minimum Gasteiger partial charge on any atom is -0.455 e. The maximum atomic E-state index is 6.22. The van der Waals surface area contributed by atoms with Crippen LogP contribution < -0.4 is 9.64 Å². The van der Waals surface area contributed by atoms with Gasteiger partial charge in [0.15, 0.2) is 5.75 Å². The molecule has 124 valence electrons. The zero-order valence-corrected chi connectivity index (χ0v) is 15.4. The van der Waals surface area contributed by atoms with Crippen molar-refractivity contribution in [2.75, 3.05) is 4.90 Å². The van der Waals surface area contributed by atoms with Gasteiger partial charge in [0, 0.05) is 22.5 Å². The van der Waals surface area contributed by atoms with E-state index in [1.54, 1.807) is 11.3 Å². The Labute approximate surface area is 156 Å². The Bertz CT molecular complexity index is 866. The topological polar surface area (TPSA) is 25.4 Å². The van der Waals surface area contributed by atoms with E-state index < -0.39 is 0 Å². The lowest BCUT2D eigenvalue weighted by Gasteiger charge is -2.23. The van der Waals surface area contributed by atoms with Crippen LogP contribution in [0.15, 0.2) is 47.8 Å². The van der Waals surface area contributed by atoms with Gasteiger partial charge in [-0.15, -0.1) is 23.7 Å². The molecule has 0 N–H and O–H groups in total. The molecule has 0 amide bonds. The Morgan fingerprint density at radius 2 is 2.04 bits per heavy atom. The molecule has 0 aliphatic carbocycles. The van der Waals surface area contributed by atoms with Gasteiger partial charge in [-0.1, -0.05) is 29.8 Å². The number of aryl methyl sites for hydroxylation is 1. The zero-order chi connectivity index (χ0) is 15.8. The summed E-state index contributed by atoms with van der Waals surface area (Å²) in [5, 5.41) is 3.90. The fraction of sp³-hybridized carbons (Fsp3) is 0.167. The van der Waals surface area contributed by atoms with Crippen molar-refractivity contribution in [2.45, 2.75) is 20.0 Å². The molecule has 2 heterocycles. The second-order valence-electron chi connectivity index (χ2n) is 5.54. The maximum absolute atomic E-state index is 6.22. The van der Waals surface area contributed by atoms with Gasteiger partial charge in [0.1, 0.15) is 5.75 Å². The van der Waals surface area contributed by atoms with Gasteiger partial charge in [-0.3, -0.25) is 0 Å². The van der Waals surface area contributed by atoms with Crippen LogP contribution in [0.5, 0.6) is 11.5 Å². The smallest absolute Gasteiger partial charge is 0.150 e. The molecular weight excluding hydrogens is 363 g/mol. The lowest BCUT2D eigenvalue weighted by Crippen LogP contribution is -2.21. The van der Waals surface area contributed by atoms with Crippen molar-refractivity contribution in [3.8, 4) is 11.5 Å². The molecule has 1 aliphatic rings. The summed E-state index contributed by atoms with van der Waals surface area (Å²) >= 11 is 7.89. The van der Waals surface area contributed by atoms with Gasteiger partial charge < -0.3 is 9.64 Å². The van der Waals surface area contributed by atoms with E-state index in [0.29, 0.717) is 5.02 Å². The number of halogens is 2. The van der Waals surface area contributed by atoms with Crippen molar-refractivity contribution in [2.24, 2.45) is 0 Å². The number of anilines is 1. The number of nitrogens with zero attached hydrogens (tertiary/aromatic N) is 2. The number of rotatable bonds is 2. The second-order valence-corrected chi connectivity index (χ2v) is 7.03. The lowest BCUT2D eigenvalue weighted by atomic mass is 10.2. The van der Waals surface area contributed by atoms with Gasteiger partial charge in [-0.25, -0.2) is 4.98 Å². The number of para-hydroxylation sites is 1. The average Bonchev–Trinajstić information content (AvgIpc) is 2.88. The van der Waals surface area contributed by atoms with Crippen molar-refractivity contribution in [1.29, 1.82) is 0 Å². The third-order valence-corrected chi connectivity index (χ3v) is 4.89. The molecule has 0 atom stereocenters. The summed E-state index contributed by atoms with van der Waals surface area (Å²) in [5.41, 5.74) is 3.23. The zero-order valence-electron chi connectivity index (χ0n) is 13.0. The molecule has 0 bridgehead atoms. The van der Waals surface area contributed by atoms with E-state index in [1.165, 1.54) is 0 Å². The van der Waals surface area contributed by atoms with Gasteiger partial charge in [-0.05, 0) is 31.2 Å². The largest absolute Gasteiger partial charge is 0.455 e. The maximum Gasteiger partial charge on any atom is 0.150 e. The highest BCUT2D eigenvalue weighted by atomic mass is 35.5. The minimum atomic E-state index is 0. The molecule has 6 heteroatoms. The molecule has 2 aromatic carbocycles. The fourth-order valence-corrected chi connectivity index (χ4v) is 3.55. The third kappa shape index (κ3) is 3.36. The van der Waals surface area contributed by atoms with E-state index in [9.17, 15) is 0 Å². The van der Waals surface area contributed by atoms with Crippen molar-refractivity contribution in [1.82, 2.24) is 4.98 Å². The monoisotopic (exact) mass is 378 g/mol. The van der Waals surface area contributed by atoms with Crippen LogP contribution in [0.3, 0.4) is 0 Å². The Morgan fingerprint density at radius 3 is 2.83 bits per heavy atom. The van der Waals surface area contributed by atoms with E-state index in [2.05, 4.69) is 21.3 Å². The molecule has 0 spiro atoms. The highest BCUT2D eigenvalue weighted by molar-refractivity contribution is 7.09. The van der Waals surface area contributed by atoms with Crippen molar-refractivity contribution < 1.29 is 4.74 Å². The summed E-state index contributed by atoms with van der Waals surface area (Å²) in [6, 6.07) is 13.9. The van der Waals surface area contributed by atoms with E-state index in [4.69, 9.17) is 16.3 Å². The predicted molar refractivity (Wildman–Crippen MR) is 102 cm³/mol. The van der Waals surface area contributed by atoms with Crippen LogP contribution in [0.25, 0.3) is 0 Å². The second kappa shape index (κ2) is 7.01. The van der Waals surface area contributed by atoms with Crippen LogP contribution in [-0.4, -0.2) is 4.98 Å². The number of benzene rings is 2. The van der Waals surface area contributed by atoms with Crippen LogP contribution in [0.2, 0.25) is 5.02 Å². The number of hydrogen-bond acceptors (Lipinski definition) is 4. The highest BCUT2D eigenvalue weighted by Gasteiger charge is 2.21. The van der Waals surface area contributed by atoms with Gasteiger partial charge in [0.2, 0.25) is 0 Å². The number of aromatic nitrogens is 1. The van der Waals surface area contributed by atoms with Crippen molar-refractivity contribution >= 4 is 41.0 Å². The van der Waals surface area contributed by atoms with Crippen molar-refractivity contribution in [3.63, 3.8) is 0 Å². The first-order valence-electron chi connectivity index (χ1n) is 7.40. The average molecular weight is 379 g/mol. The molecule has 0 saturated heterocycles. The fourth-order valence-electron chi connectivity index (χ4n) is 2.78. The van der Waals surface area contributed by atoms with Crippen LogP contribution in [0.1, 0.15) is 16.3 Å². The first-order valence-corrected chi connectivity index (χ1v) is 8.66. The van der Waals surface area contributed by atoms with E-state index >= 15 is 0 Å². The van der Waals surface area contributed by atoms with Crippen LogP contribution in [0.4, 0.5) is 5.69 Å². The molecule has 0 unspecified atom stereocenters. The van der Waals surface area contributed by atoms with E-state index in [1.807, 2.05) is 43.3 Å². The summed E-state index contributed by atoms with van der Waals surface area (Å²) in [5.74, 6) is 1.72. The summed E-state index contributed by atoms with van der Waals surface area (Å²) < 4.78 is 6.11. The SMILES string of the molecule is Cc1nc(CN2Cc3ccccc3Oc3ccc(Cl)cc32)cs1.Cl. The number of ether oxygens (including phenoxy) is 1. The molecule has 1 aliphatic heterocycles. The molecule has 0 saturated carbocycles. The van der Waals surface area contributed by atoms with E-state index in [-0.39, 0.29) is 12.4 Å². The summed E-state index contributed by atoms with van der Waals surface area (Å²) in [6.07, 6.45) is 0. The van der Waals surface area contributed by atoms with Crippen molar-refractivity contribution in [3.05, 3.63) is 69.1 Å². The summed E-state index contributed by atoms with van der Waals surface area (Å²) in [6.45, 7) is 3.52. The van der Waals surface area contributed by atoms with Gasteiger partial charge >= 0.3 is 0 Å². The standard InChI is InChI=1S/C18H15ClN2OS.ClH/c1-12-20-15(11-23-12)10-21-9-13-4-2-3-5-17(13)22-18-7-6-14(19)8-16(18)21;/h2-8,11H,9-10H2,1H3;1H. The Morgan fingerprint density at radius 1 is 1.21 bits per heavy atom. The number of thiazole rings is 1. The minimum absolute atomic E-state index is 0. The Kier molecular flexibility index (Phi) is 4.99. The molecular formula is C18H16Cl2N2OS. The van der Waals surface area contributed by atoms with Crippen LogP contribution in [-0.2, 0) is 13.1 Å². The van der Waals surface area contributed by atoms with E-state index in [0.717, 1.165) is 46.5 Å². The highest BCUT2D eigenvalue weighted by Crippen LogP contribution is 2.40. The molecule has 1 aromatic heterocycles. The molecule has 3 nitrogen and oxygen atoms in total. The van der Waals surface area contributed by atoms with Gasteiger partial charge in [0.05, 0.1) is 22.9 Å². The van der Waals surface area contributed by atoms with Crippen LogP contribution in [0, 0.1) is 6.92 Å². The predicted octanol–water partition coefficient (Wildman–Crippen LogP) is 5.84. The van der Waals surface area contributed by atoms with Gasteiger partial charge in [-0.2, -0.15) is 0 Å². The third-order valence-electron chi connectivity index (χ3n) is 3.83. The number of hydrogen-bond donors (Lipinski definition) is 0. The lowest BCUT2D eigenvalue weighted by molar-refractivity contribution is 0.483. The van der Waals surface area contributed by atoms with Gasteiger partial charge in [0.25, 0.3) is 0 Å². The summed E-state index contributed by atoms with van der Waals surface area (Å²) in [4.78, 5) is 6.86. The normalized spacial score (nSPS) is 12.5. The molecule has 0 radical (unpaired) electrons. The quantitative estimate of drug-likeness (QED) is 0.559. The molecule has 3 aromatic rings. The number of fused-ring (bicyclic) bond motifs is 2. The first kappa shape index (κ1) is 17.1. The molecule has 0 fully saturated rings. The molecule has 24 heavy (non-hydrogen) atoms. The first-order chi connectivity index (χ1) is 11.2. The van der Waals surface area contributed by atoms with Crippen LogP contribution >= 0.6 is 35.3 Å².